The van der Waals surface area contributed by atoms with Gasteiger partial charge >= 0.3 is 7.52 Å². The molecule has 1 aliphatic carbocycles. The molecule has 0 fully saturated rings. The summed E-state index contributed by atoms with van der Waals surface area (Å²) >= 11 is 0. The van der Waals surface area contributed by atoms with Crippen LogP contribution < -0.4 is 15.1 Å². The number of rotatable bonds is 7. The van der Waals surface area contributed by atoms with Gasteiger partial charge in [0.25, 0.3) is 0 Å². The molecule has 1 N–H and O–H groups in total. The summed E-state index contributed by atoms with van der Waals surface area (Å²) < 4.78 is 26.7. The third-order valence-electron chi connectivity index (χ3n) is 5.77. The molecule has 5 heteroatoms. The Morgan fingerprint density at radius 1 is 0.750 bits per heavy atom. The molecule has 0 radical (unpaired) electrons. The van der Waals surface area contributed by atoms with E-state index in [0.29, 0.717) is 17.6 Å². The Morgan fingerprint density at radius 3 is 1.97 bits per heavy atom. The SMILES string of the molecule is COc1ccccc1[P@@](=O)(NCc1ccccc1)OC1c2ccccc2-c2ccccc21. The van der Waals surface area contributed by atoms with Crippen molar-refractivity contribution in [2.45, 2.75) is 12.6 Å². The van der Waals surface area contributed by atoms with Crippen molar-refractivity contribution in [3.05, 3.63) is 120 Å². The number of ether oxygens (including phenoxy) is 1. The summed E-state index contributed by atoms with van der Waals surface area (Å²) in [5, 5.41) is 3.77. The summed E-state index contributed by atoms with van der Waals surface area (Å²) in [5.74, 6) is 0.538. The average Bonchev–Trinajstić information content (AvgIpc) is 3.17. The molecule has 0 saturated carbocycles. The second-order valence-electron chi connectivity index (χ2n) is 7.70. The maximum Gasteiger partial charge on any atom is 0.304 e. The molecule has 0 spiro atoms. The van der Waals surface area contributed by atoms with E-state index in [1.165, 1.54) is 0 Å². The standard InChI is InChI=1S/C27H24NO3P/c1-30-25-17-9-10-18-26(25)32(29,28-19-20-11-3-2-4-12-20)31-27-23-15-7-5-13-21(23)22-14-6-8-16-24(22)27/h2-18,27H,19H2,1H3,(H,28,29)/t32-/m0/s1. The Balaban J connectivity index is 1.58. The lowest BCUT2D eigenvalue weighted by Gasteiger charge is -2.26. The lowest BCUT2D eigenvalue weighted by molar-refractivity contribution is 0.252. The van der Waals surface area contributed by atoms with Gasteiger partial charge in [-0.2, -0.15) is 0 Å². The molecule has 0 saturated heterocycles. The highest BCUT2D eigenvalue weighted by Crippen LogP contribution is 2.55. The minimum Gasteiger partial charge on any atom is -0.496 e. The Labute approximate surface area is 188 Å². The normalized spacial score (nSPS) is 14.4. The smallest absolute Gasteiger partial charge is 0.304 e. The van der Waals surface area contributed by atoms with Crippen LogP contribution in [0.3, 0.4) is 0 Å². The Hall–Kier alpha value is -3.17. The minimum absolute atomic E-state index is 0.409. The van der Waals surface area contributed by atoms with Gasteiger partial charge in [-0.15, -0.1) is 0 Å². The number of hydrogen-bond donors (Lipinski definition) is 1. The highest BCUT2D eigenvalue weighted by atomic mass is 31.2. The lowest BCUT2D eigenvalue weighted by Crippen LogP contribution is -2.24. The molecule has 4 aromatic carbocycles. The first-order valence-corrected chi connectivity index (χ1v) is 12.2. The number of para-hydroxylation sites is 1. The molecule has 4 nitrogen and oxygen atoms in total. The Morgan fingerprint density at radius 2 is 1.31 bits per heavy atom. The van der Waals surface area contributed by atoms with Crippen LogP contribution in [0.1, 0.15) is 22.8 Å². The van der Waals surface area contributed by atoms with Crippen molar-refractivity contribution in [1.29, 1.82) is 0 Å². The molecule has 0 amide bonds. The van der Waals surface area contributed by atoms with E-state index >= 15 is 0 Å². The highest BCUT2D eigenvalue weighted by Gasteiger charge is 2.38. The van der Waals surface area contributed by atoms with Gasteiger partial charge in [0.05, 0.1) is 12.4 Å². The van der Waals surface area contributed by atoms with Gasteiger partial charge in [-0.1, -0.05) is 91.0 Å². The van der Waals surface area contributed by atoms with Gasteiger partial charge in [0.15, 0.2) is 0 Å². The second kappa shape index (κ2) is 8.76. The van der Waals surface area contributed by atoms with Gasteiger partial charge in [0.1, 0.15) is 11.9 Å². The maximum atomic E-state index is 14.5. The van der Waals surface area contributed by atoms with E-state index in [1.54, 1.807) is 7.11 Å². The average molecular weight is 441 g/mol. The predicted octanol–water partition coefficient (Wildman–Crippen LogP) is 6.09. The first kappa shape index (κ1) is 20.7. The second-order valence-corrected chi connectivity index (χ2v) is 9.82. The summed E-state index contributed by atoms with van der Waals surface area (Å²) in [6, 6.07) is 33.5. The minimum atomic E-state index is -3.53. The summed E-state index contributed by atoms with van der Waals surface area (Å²) in [6.07, 6.45) is -0.443. The number of methoxy groups -OCH3 is 1. The van der Waals surface area contributed by atoms with Crippen molar-refractivity contribution in [3.63, 3.8) is 0 Å². The van der Waals surface area contributed by atoms with Crippen LogP contribution in [0.4, 0.5) is 0 Å². The quantitative estimate of drug-likeness (QED) is 0.353. The van der Waals surface area contributed by atoms with Gasteiger partial charge in [0, 0.05) is 6.54 Å². The topological polar surface area (TPSA) is 47.6 Å². The number of hydrogen-bond acceptors (Lipinski definition) is 3. The summed E-state index contributed by atoms with van der Waals surface area (Å²) in [4.78, 5) is 0. The van der Waals surface area contributed by atoms with Crippen molar-refractivity contribution < 1.29 is 13.8 Å². The van der Waals surface area contributed by atoms with Gasteiger partial charge in [0.2, 0.25) is 0 Å². The zero-order chi connectivity index (χ0) is 22.0. The fourth-order valence-electron chi connectivity index (χ4n) is 4.21. The van der Waals surface area contributed by atoms with E-state index in [1.807, 2.05) is 91.0 Å². The third-order valence-corrected chi connectivity index (χ3v) is 7.85. The third kappa shape index (κ3) is 3.78. The fraction of sp³-hybridized carbons (Fsp3) is 0.111. The molecular weight excluding hydrogens is 417 g/mol. The zero-order valence-electron chi connectivity index (χ0n) is 17.8. The number of nitrogens with one attached hydrogen (secondary N) is 1. The molecule has 5 rings (SSSR count). The van der Waals surface area contributed by atoms with Crippen LogP contribution in [-0.2, 0) is 15.6 Å². The van der Waals surface area contributed by atoms with Crippen molar-refractivity contribution in [1.82, 2.24) is 5.09 Å². The van der Waals surface area contributed by atoms with Crippen molar-refractivity contribution >= 4 is 12.8 Å². The van der Waals surface area contributed by atoms with E-state index in [2.05, 4.69) is 17.2 Å². The van der Waals surface area contributed by atoms with Gasteiger partial charge in [-0.3, -0.25) is 4.57 Å². The summed E-state index contributed by atoms with van der Waals surface area (Å²) in [5.41, 5.74) is 5.29. The van der Waals surface area contributed by atoms with Crippen LogP contribution in [0.5, 0.6) is 5.75 Å². The molecule has 1 atom stereocenters. The van der Waals surface area contributed by atoms with Crippen LogP contribution >= 0.6 is 7.52 Å². The van der Waals surface area contributed by atoms with E-state index in [0.717, 1.165) is 27.8 Å². The molecule has 1 aliphatic rings. The molecule has 0 aliphatic heterocycles. The molecule has 160 valence electrons. The van der Waals surface area contributed by atoms with Crippen molar-refractivity contribution in [2.75, 3.05) is 7.11 Å². The van der Waals surface area contributed by atoms with Gasteiger partial charge in [-0.25, -0.2) is 5.09 Å². The molecule has 0 aromatic heterocycles. The van der Waals surface area contributed by atoms with E-state index in [-0.39, 0.29) is 0 Å². The Bertz CT molecular complexity index is 1240. The summed E-state index contributed by atoms with van der Waals surface area (Å²) in [7, 11) is -1.94. The monoisotopic (exact) mass is 441 g/mol. The van der Waals surface area contributed by atoms with Crippen molar-refractivity contribution in [2.24, 2.45) is 0 Å². The highest BCUT2D eigenvalue weighted by molar-refractivity contribution is 7.65. The van der Waals surface area contributed by atoms with Crippen LogP contribution in [0.25, 0.3) is 11.1 Å². The number of fused-ring (bicyclic) bond motifs is 3. The first-order valence-electron chi connectivity index (χ1n) is 10.6. The van der Waals surface area contributed by atoms with Gasteiger partial charge < -0.3 is 9.26 Å². The first-order chi connectivity index (χ1) is 15.7. The van der Waals surface area contributed by atoms with Crippen LogP contribution in [0, 0.1) is 0 Å². The molecular formula is C27H24NO3P. The molecule has 0 unspecified atom stereocenters. The van der Waals surface area contributed by atoms with Gasteiger partial charge in [-0.05, 0) is 39.9 Å². The largest absolute Gasteiger partial charge is 0.496 e. The predicted molar refractivity (Wildman–Crippen MR) is 128 cm³/mol. The van der Waals surface area contributed by atoms with Crippen molar-refractivity contribution in [3.8, 4) is 16.9 Å². The van der Waals surface area contributed by atoms with E-state index in [9.17, 15) is 4.57 Å². The maximum absolute atomic E-state index is 14.5. The van der Waals surface area contributed by atoms with Crippen LogP contribution in [0.15, 0.2) is 103 Å². The van der Waals surface area contributed by atoms with Crippen LogP contribution in [0.2, 0.25) is 0 Å². The molecule has 4 aromatic rings. The Kier molecular flexibility index (Phi) is 5.67. The molecule has 0 heterocycles. The molecule has 0 bridgehead atoms. The fourth-order valence-corrected chi connectivity index (χ4v) is 6.23. The lowest BCUT2D eigenvalue weighted by atomic mass is 10.1. The summed E-state index contributed by atoms with van der Waals surface area (Å²) in [6.45, 7) is 0.409. The van der Waals surface area contributed by atoms with E-state index < -0.39 is 13.6 Å². The molecule has 32 heavy (non-hydrogen) atoms. The van der Waals surface area contributed by atoms with Crippen LogP contribution in [-0.4, -0.2) is 7.11 Å². The van der Waals surface area contributed by atoms with E-state index in [4.69, 9.17) is 9.26 Å². The zero-order valence-corrected chi connectivity index (χ0v) is 18.7. The number of benzene rings is 4.